The molecule has 6 nitrogen and oxygen atoms in total. The molecule has 0 radical (unpaired) electrons. The standard InChI is InChI=1S/C18H18N4O2/c1-3-12(2)21-18(24)16-10-14(7-8-20-16)17(23)22-15-6-4-5-13(9-15)11-19/h4-10,12H,3H2,1-2H3,(H,21,24)(H,22,23). The van der Waals surface area contributed by atoms with Gasteiger partial charge in [0.15, 0.2) is 0 Å². The SMILES string of the molecule is CCC(C)NC(=O)c1cc(C(=O)Nc2cccc(C#N)c2)ccn1. The van der Waals surface area contributed by atoms with Crippen molar-refractivity contribution in [1.29, 1.82) is 5.26 Å². The first kappa shape index (κ1) is 17.2. The molecule has 0 bridgehead atoms. The first-order chi connectivity index (χ1) is 11.5. The number of nitriles is 1. The van der Waals surface area contributed by atoms with E-state index in [-0.39, 0.29) is 23.6 Å². The molecule has 1 aromatic heterocycles. The van der Waals surface area contributed by atoms with Crippen LogP contribution in [0.25, 0.3) is 0 Å². The minimum absolute atomic E-state index is 0.0329. The minimum Gasteiger partial charge on any atom is -0.348 e. The lowest BCUT2D eigenvalue weighted by Gasteiger charge is -2.11. The third kappa shape index (κ3) is 4.40. The average Bonchev–Trinajstić information content (AvgIpc) is 2.61. The van der Waals surface area contributed by atoms with E-state index in [4.69, 9.17) is 5.26 Å². The quantitative estimate of drug-likeness (QED) is 0.885. The molecule has 2 rings (SSSR count). The second kappa shape index (κ2) is 7.88. The van der Waals surface area contributed by atoms with Gasteiger partial charge < -0.3 is 10.6 Å². The highest BCUT2D eigenvalue weighted by Crippen LogP contribution is 2.12. The Hall–Kier alpha value is -3.20. The van der Waals surface area contributed by atoms with Crippen LogP contribution >= 0.6 is 0 Å². The molecular weight excluding hydrogens is 304 g/mol. The van der Waals surface area contributed by atoms with Crippen LogP contribution in [0.1, 0.15) is 46.7 Å². The van der Waals surface area contributed by atoms with Gasteiger partial charge in [-0.2, -0.15) is 5.26 Å². The fourth-order valence-corrected chi connectivity index (χ4v) is 1.97. The van der Waals surface area contributed by atoms with Crippen molar-refractivity contribution >= 4 is 17.5 Å². The Kier molecular flexibility index (Phi) is 5.63. The Morgan fingerprint density at radius 1 is 1.25 bits per heavy atom. The number of rotatable bonds is 5. The molecule has 1 unspecified atom stereocenters. The van der Waals surface area contributed by atoms with E-state index < -0.39 is 0 Å². The zero-order valence-corrected chi connectivity index (χ0v) is 13.5. The highest BCUT2D eigenvalue weighted by molar-refractivity contribution is 6.05. The van der Waals surface area contributed by atoms with Gasteiger partial charge in [-0.3, -0.25) is 14.6 Å². The Morgan fingerprint density at radius 3 is 2.75 bits per heavy atom. The number of carbonyl (C=O) groups is 2. The van der Waals surface area contributed by atoms with Crippen molar-refractivity contribution in [1.82, 2.24) is 10.3 Å². The van der Waals surface area contributed by atoms with Crippen LogP contribution < -0.4 is 10.6 Å². The molecular formula is C18H18N4O2. The number of anilines is 1. The smallest absolute Gasteiger partial charge is 0.270 e. The first-order valence-corrected chi connectivity index (χ1v) is 7.62. The summed E-state index contributed by atoms with van der Waals surface area (Å²) in [5.74, 6) is -0.685. The molecule has 2 amide bonds. The van der Waals surface area contributed by atoms with Crippen molar-refractivity contribution < 1.29 is 9.59 Å². The van der Waals surface area contributed by atoms with Crippen molar-refractivity contribution in [3.8, 4) is 6.07 Å². The third-order valence-electron chi connectivity index (χ3n) is 3.49. The highest BCUT2D eigenvalue weighted by atomic mass is 16.2. The number of nitrogens with one attached hydrogen (secondary N) is 2. The van der Waals surface area contributed by atoms with Gasteiger partial charge in [0.2, 0.25) is 0 Å². The Balaban J connectivity index is 2.14. The molecule has 2 aromatic rings. The van der Waals surface area contributed by atoms with Gasteiger partial charge >= 0.3 is 0 Å². The second-order valence-corrected chi connectivity index (χ2v) is 5.36. The van der Waals surface area contributed by atoms with Crippen molar-refractivity contribution in [3.05, 3.63) is 59.4 Å². The van der Waals surface area contributed by atoms with E-state index in [2.05, 4.69) is 15.6 Å². The van der Waals surface area contributed by atoms with E-state index in [1.807, 2.05) is 19.9 Å². The van der Waals surface area contributed by atoms with Gasteiger partial charge in [-0.25, -0.2) is 0 Å². The molecule has 0 saturated carbocycles. The molecule has 0 fully saturated rings. The summed E-state index contributed by atoms with van der Waals surface area (Å²) in [6.07, 6.45) is 2.23. The largest absolute Gasteiger partial charge is 0.348 e. The van der Waals surface area contributed by atoms with Crippen molar-refractivity contribution in [2.75, 3.05) is 5.32 Å². The van der Waals surface area contributed by atoms with Crippen molar-refractivity contribution in [2.24, 2.45) is 0 Å². The summed E-state index contributed by atoms with van der Waals surface area (Å²) >= 11 is 0. The van der Waals surface area contributed by atoms with Gasteiger partial charge in [-0.15, -0.1) is 0 Å². The lowest BCUT2D eigenvalue weighted by atomic mass is 10.1. The lowest BCUT2D eigenvalue weighted by molar-refractivity contribution is 0.0934. The van der Waals surface area contributed by atoms with Gasteiger partial charge in [0, 0.05) is 23.5 Å². The summed E-state index contributed by atoms with van der Waals surface area (Å²) in [6.45, 7) is 3.87. The van der Waals surface area contributed by atoms with Gasteiger partial charge in [0.05, 0.1) is 11.6 Å². The first-order valence-electron chi connectivity index (χ1n) is 7.62. The predicted molar refractivity (Wildman–Crippen MR) is 90.6 cm³/mol. The summed E-state index contributed by atoms with van der Waals surface area (Å²) in [7, 11) is 0. The molecule has 0 saturated heterocycles. The highest BCUT2D eigenvalue weighted by Gasteiger charge is 2.13. The number of aromatic nitrogens is 1. The van der Waals surface area contributed by atoms with Gasteiger partial charge in [-0.05, 0) is 43.7 Å². The zero-order valence-electron chi connectivity index (χ0n) is 13.5. The molecule has 2 N–H and O–H groups in total. The van der Waals surface area contributed by atoms with Crippen LogP contribution in [0.3, 0.4) is 0 Å². The van der Waals surface area contributed by atoms with Gasteiger partial charge in [0.25, 0.3) is 11.8 Å². The maximum atomic E-state index is 12.3. The van der Waals surface area contributed by atoms with Crippen molar-refractivity contribution in [3.63, 3.8) is 0 Å². The van der Waals surface area contributed by atoms with Crippen LogP contribution in [0.2, 0.25) is 0 Å². The fourth-order valence-electron chi connectivity index (χ4n) is 1.97. The second-order valence-electron chi connectivity index (χ2n) is 5.36. The third-order valence-corrected chi connectivity index (χ3v) is 3.49. The molecule has 0 aliphatic heterocycles. The molecule has 0 aliphatic carbocycles. The number of nitrogens with zero attached hydrogens (tertiary/aromatic N) is 2. The van der Waals surface area contributed by atoms with E-state index in [1.54, 1.807) is 24.3 Å². The number of carbonyl (C=O) groups excluding carboxylic acids is 2. The van der Waals surface area contributed by atoms with Crippen LogP contribution in [-0.2, 0) is 0 Å². The number of pyridine rings is 1. The maximum absolute atomic E-state index is 12.3. The van der Waals surface area contributed by atoms with Crippen LogP contribution in [0, 0.1) is 11.3 Å². The van der Waals surface area contributed by atoms with Crippen LogP contribution in [0.4, 0.5) is 5.69 Å². The minimum atomic E-state index is -0.370. The van der Waals surface area contributed by atoms with E-state index in [1.165, 1.54) is 18.3 Å². The lowest BCUT2D eigenvalue weighted by Crippen LogP contribution is -2.32. The summed E-state index contributed by atoms with van der Waals surface area (Å²) < 4.78 is 0. The molecule has 1 atom stereocenters. The number of benzene rings is 1. The van der Waals surface area contributed by atoms with Crippen LogP contribution in [0.5, 0.6) is 0 Å². The summed E-state index contributed by atoms with van der Waals surface area (Å²) in [5.41, 5.74) is 1.48. The summed E-state index contributed by atoms with van der Waals surface area (Å²) in [5, 5.41) is 14.4. The number of amides is 2. The molecule has 6 heteroatoms. The number of hydrogen-bond acceptors (Lipinski definition) is 4. The molecule has 0 aliphatic rings. The van der Waals surface area contributed by atoms with Gasteiger partial charge in [-0.1, -0.05) is 13.0 Å². The fraction of sp³-hybridized carbons (Fsp3) is 0.222. The normalized spacial score (nSPS) is 11.2. The van der Waals surface area contributed by atoms with Crippen molar-refractivity contribution in [2.45, 2.75) is 26.3 Å². The van der Waals surface area contributed by atoms with E-state index in [0.717, 1.165) is 6.42 Å². The maximum Gasteiger partial charge on any atom is 0.270 e. The molecule has 0 spiro atoms. The summed E-state index contributed by atoms with van der Waals surface area (Å²) in [4.78, 5) is 28.4. The topological polar surface area (TPSA) is 94.9 Å². The van der Waals surface area contributed by atoms with E-state index >= 15 is 0 Å². The Labute approximate surface area is 140 Å². The predicted octanol–water partition coefficient (Wildman–Crippen LogP) is 2.73. The van der Waals surface area contributed by atoms with Crippen LogP contribution in [-0.4, -0.2) is 22.8 Å². The van der Waals surface area contributed by atoms with Gasteiger partial charge in [0.1, 0.15) is 5.69 Å². The molecule has 24 heavy (non-hydrogen) atoms. The monoisotopic (exact) mass is 322 g/mol. The average molecular weight is 322 g/mol. The molecule has 122 valence electrons. The summed E-state index contributed by atoms with van der Waals surface area (Å²) in [6, 6.07) is 11.6. The Bertz CT molecular complexity index is 796. The Morgan fingerprint density at radius 2 is 2.04 bits per heavy atom. The zero-order chi connectivity index (χ0) is 17.5. The van der Waals surface area contributed by atoms with Crippen LogP contribution in [0.15, 0.2) is 42.6 Å². The number of hydrogen-bond donors (Lipinski definition) is 2. The molecule has 1 aromatic carbocycles. The van der Waals surface area contributed by atoms with E-state index in [9.17, 15) is 9.59 Å². The molecule has 1 heterocycles. The van der Waals surface area contributed by atoms with E-state index in [0.29, 0.717) is 16.8 Å².